The van der Waals surface area contributed by atoms with Gasteiger partial charge in [0.1, 0.15) is 5.82 Å². The van der Waals surface area contributed by atoms with Crippen LogP contribution in [0.4, 0.5) is 21.6 Å². The summed E-state index contributed by atoms with van der Waals surface area (Å²) >= 11 is 5.87. The van der Waals surface area contributed by atoms with Crippen LogP contribution < -0.4 is 10.6 Å². The Morgan fingerprint density at radius 1 is 0.958 bits per heavy atom. The second kappa shape index (κ2) is 7.06. The number of halogens is 2. The summed E-state index contributed by atoms with van der Waals surface area (Å²) in [6.45, 7) is 0. The van der Waals surface area contributed by atoms with E-state index >= 15 is 0 Å². The van der Waals surface area contributed by atoms with E-state index in [0.717, 1.165) is 0 Å². The maximum Gasteiger partial charge on any atom is 0.276 e. The Morgan fingerprint density at radius 2 is 1.75 bits per heavy atom. The van der Waals surface area contributed by atoms with Crippen LogP contribution in [0.1, 0.15) is 10.5 Å². The number of anilines is 3. The van der Waals surface area contributed by atoms with E-state index in [1.54, 1.807) is 48.5 Å². The second-order valence-electron chi connectivity index (χ2n) is 4.90. The molecule has 7 heteroatoms. The predicted octanol–water partition coefficient (Wildman–Crippen LogP) is 4.27. The lowest BCUT2D eigenvalue weighted by molar-refractivity contribution is 0.102. The minimum Gasteiger partial charge on any atom is -0.339 e. The number of amides is 1. The minimum atomic E-state index is -0.391. The highest BCUT2D eigenvalue weighted by Gasteiger charge is 2.09. The molecule has 1 amide bonds. The first kappa shape index (κ1) is 15.9. The molecule has 0 atom stereocenters. The Balaban J connectivity index is 1.67. The summed E-state index contributed by atoms with van der Waals surface area (Å²) in [7, 11) is 0. The van der Waals surface area contributed by atoms with Crippen molar-refractivity contribution in [2.45, 2.75) is 0 Å². The van der Waals surface area contributed by atoms with Gasteiger partial charge in [0.15, 0.2) is 11.5 Å². The molecule has 0 aliphatic rings. The molecule has 3 rings (SSSR count). The number of nitrogens with zero attached hydrogens (tertiary/aromatic N) is 2. The summed E-state index contributed by atoms with van der Waals surface area (Å²) in [5, 5.41) is 14.0. The average molecular weight is 343 g/mol. The van der Waals surface area contributed by atoms with Crippen LogP contribution in [0.5, 0.6) is 0 Å². The lowest BCUT2D eigenvalue weighted by atomic mass is 10.3. The van der Waals surface area contributed by atoms with Crippen molar-refractivity contribution < 1.29 is 9.18 Å². The zero-order valence-electron chi connectivity index (χ0n) is 12.3. The first-order chi connectivity index (χ1) is 11.6. The highest BCUT2D eigenvalue weighted by Crippen LogP contribution is 2.17. The molecule has 120 valence electrons. The normalized spacial score (nSPS) is 10.2. The second-order valence-corrected chi connectivity index (χ2v) is 5.34. The Hall–Kier alpha value is -2.99. The van der Waals surface area contributed by atoms with Gasteiger partial charge in [-0.3, -0.25) is 4.79 Å². The number of carbonyl (C=O) groups excluding carboxylic acids is 1. The van der Waals surface area contributed by atoms with Gasteiger partial charge in [0.05, 0.1) is 0 Å². The predicted molar refractivity (Wildman–Crippen MR) is 91.1 cm³/mol. The van der Waals surface area contributed by atoms with Crippen LogP contribution in [0.2, 0.25) is 5.02 Å². The van der Waals surface area contributed by atoms with Crippen LogP contribution in [0, 0.1) is 5.82 Å². The topological polar surface area (TPSA) is 66.9 Å². The molecule has 0 fully saturated rings. The molecule has 0 saturated heterocycles. The monoisotopic (exact) mass is 342 g/mol. The van der Waals surface area contributed by atoms with Crippen molar-refractivity contribution in [3.8, 4) is 0 Å². The fraction of sp³-hybridized carbons (Fsp3) is 0. The lowest BCUT2D eigenvalue weighted by Crippen LogP contribution is -2.14. The van der Waals surface area contributed by atoms with E-state index in [9.17, 15) is 9.18 Å². The summed E-state index contributed by atoms with van der Waals surface area (Å²) in [5.74, 6) is -0.265. The molecule has 0 saturated carbocycles. The number of rotatable bonds is 4. The molecule has 0 radical (unpaired) electrons. The largest absolute Gasteiger partial charge is 0.339 e. The van der Waals surface area contributed by atoms with Gasteiger partial charge in [-0.1, -0.05) is 17.7 Å². The smallest absolute Gasteiger partial charge is 0.276 e. The van der Waals surface area contributed by atoms with E-state index in [2.05, 4.69) is 20.8 Å². The fourth-order valence-electron chi connectivity index (χ4n) is 1.96. The average Bonchev–Trinajstić information content (AvgIpc) is 2.57. The number of carbonyl (C=O) groups is 1. The van der Waals surface area contributed by atoms with Crippen molar-refractivity contribution in [2.75, 3.05) is 10.6 Å². The van der Waals surface area contributed by atoms with Crippen LogP contribution in [0.25, 0.3) is 0 Å². The number of benzene rings is 2. The van der Waals surface area contributed by atoms with Crippen molar-refractivity contribution >= 4 is 34.7 Å². The summed E-state index contributed by atoms with van der Waals surface area (Å²) in [4.78, 5) is 12.1. The van der Waals surface area contributed by atoms with E-state index in [1.165, 1.54) is 12.1 Å². The number of hydrogen-bond acceptors (Lipinski definition) is 4. The summed E-state index contributed by atoms with van der Waals surface area (Å²) in [6.07, 6.45) is 0. The molecule has 2 aromatic carbocycles. The third-order valence-corrected chi connectivity index (χ3v) is 3.33. The molecule has 2 N–H and O–H groups in total. The van der Waals surface area contributed by atoms with Gasteiger partial charge in [-0.05, 0) is 54.6 Å². The molecule has 0 bridgehead atoms. The third-order valence-electron chi connectivity index (χ3n) is 3.10. The molecule has 3 aromatic rings. The maximum absolute atomic E-state index is 12.9. The van der Waals surface area contributed by atoms with Crippen LogP contribution in [-0.4, -0.2) is 16.1 Å². The zero-order chi connectivity index (χ0) is 16.9. The van der Waals surface area contributed by atoms with Crippen LogP contribution in [0.3, 0.4) is 0 Å². The third kappa shape index (κ3) is 4.05. The highest BCUT2D eigenvalue weighted by molar-refractivity contribution is 6.30. The van der Waals surface area contributed by atoms with Crippen molar-refractivity contribution in [3.63, 3.8) is 0 Å². The minimum absolute atomic E-state index is 0.166. The van der Waals surface area contributed by atoms with Gasteiger partial charge in [0.2, 0.25) is 0 Å². The molecule has 5 nitrogen and oxygen atoms in total. The van der Waals surface area contributed by atoms with E-state index in [1.807, 2.05) is 0 Å². The summed E-state index contributed by atoms with van der Waals surface area (Å²) in [5.41, 5.74) is 1.41. The Morgan fingerprint density at radius 3 is 2.42 bits per heavy atom. The molecule has 1 aromatic heterocycles. The molecular weight excluding hydrogens is 331 g/mol. The molecule has 1 heterocycles. The molecule has 0 spiro atoms. The number of aromatic nitrogens is 2. The van der Waals surface area contributed by atoms with Gasteiger partial charge in [-0.15, -0.1) is 10.2 Å². The van der Waals surface area contributed by atoms with Crippen molar-refractivity contribution in [1.29, 1.82) is 0 Å². The maximum atomic E-state index is 12.9. The number of hydrogen-bond donors (Lipinski definition) is 2. The number of nitrogens with one attached hydrogen (secondary N) is 2. The van der Waals surface area contributed by atoms with E-state index in [-0.39, 0.29) is 11.5 Å². The molecule has 0 aliphatic heterocycles. The highest BCUT2D eigenvalue weighted by atomic mass is 35.5. The lowest BCUT2D eigenvalue weighted by Gasteiger charge is -2.07. The Labute approximate surface area is 142 Å². The first-order valence-electron chi connectivity index (χ1n) is 7.03. The van der Waals surface area contributed by atoms with Gasteiger partial charge in [-0.2, -0.15) is 0 Å². The van der Waals surface area contributed by atoms with Crippen molar-refractivity contribution in [2.24, 2.45) is 0 Å². The van der Waals surface area contributed by atoms with E-state index < -0.39 is 5.91 Å². The molecule has 0 unspecified atom stereocenters. The van der Waals surface area contributed by atoms with Crippen LogP contribution >= 0.6 is 11.6 Å². The zero-order valence-corrected chi connectivity index (χ0v) is 13.1. The van der Waals surface area contributed by atoms with Gasteiger partial charge < -0.3 is 10.6 Å². The van der Waals surface area contributed by atoms with Gasteiger partial charge >= 0.3 is 0 Å². The summed E-state index contributed by atoms with van der Waals surface area (Å²) in [6, 6.07) is 15.8. The van der Waals surface area contributed by atoms with Crippen LogP contribution in [0.15, 0.2) is 60.7 Å². The van der Waals surface area contributed by atoms with Gasteiger partial charge in [0.25, 0.3) is 5.91 Å². The quantitative estimate of drug-likeness (QED) is 0.743. The van der Waals surface area contributed by atoms with Gasteiger partial charge in [0, 0.05) is 16.4 Å². The van der Waals surface area contributed by atoms with Crippen LogP contribution in [-0.2, 0) is 0 Å². The SMILES string of the molecule is O=C(Nc1cccc(Cl)c1)c1ccc(Nc2ccc(F)cc2)nn1. The Kier molecular flexibility index (Phi) is 4.67. The molecular formula is C17H12ClFN4O. The fourth-order valence-corrected chi connectivity index (χ4v) is 2.15. The van der Waals surface area contributed by atoms with Gasteiger partial charge in [-0.25, -0.2) is 4.39 Å². The van der Waals surface area contributed by atoms with E-state index in [0.29, 0.717) is 22.2 Å². The molecule has 0 aliphatic carbocycles. The Bertz CT molecular complexity index is 853. The molecule has 24 heavy (non-hydrogen) atoms. The van der Waals surface area contributed by atoms with Crippen molar-refractivity contribution in [3.05, 3.63) is 77.2 Å². The first-order valence-corrected chi connectivity index (χ1v) is 7.41. The summed E-state index contributed by atoms with van der Waals surface area (Å²) < 4.78 is 12.9. The standard InChI is InChI=1S/C17H12ClFN4O/c18-11-2-1-3-14(10-11)21-17(24)15-8-9-16(23-22-15)20-13-6-4-12(19)5-7-13/h1-10H,(H,20,23)(H,21,24). The van der Waals surface area contributed by atoms with Crippen molar-refractivity contribution in [1.82, 2.24) is 10.2 Å². The van der Waals surface area contributed by atoms with E-state index in [4.69, 9.17) is 11.6 Å².